The van der Waals surface area contributed by atoms with E-state index in [0.29, 0.717) is 35.3 Å². The largest absolute Gasteiger partial charge is 0.458 e. The lowest BCUT2D eigenvalue weighted by Crippen LogP contribution is -2.44. The molecule has 0 fully saturated rings. The van der Waals surface area contributed by atoms with Gasteiger partial charge in [0.2, 0.25) is 0 Å². The number of benzene rings is 2. The van der Waals surface area contributed by atoms with Crippen molar-refractivity contribution >= 4 is 29.7 Å². The fraction of sp³-hybridized carbons (Fsp3) is 0.345. The Labute approximate surface area is 222 Å². The summed E-state index contributed by atoms with van der Waals surface area (Å²) in [7, 11) is 1.94. The van der Waals surface area contributed by atoms with Crippen molar-refractivity contribution in [1.82, 2.24) is 14.9 Å². The van der Waals surface area contributed by atoms with Gasteiger partial charge >= 0.3 is 5.97 Å². The molecule has 0 aliphatic rings. The standard InChI is InChI=1S/C29H34FN3O3S/c1-29(2,3)36-28(35)25(15-18-37-5)32-27(34)23-14-9-20(7-6-8-26-31-16-17-33(26)4)19-24(23)21-10-12-22(30)13-11-21/h6-7,9-14,16-17,19,25H,8,15,18H2,1-5H3,(H,32,34)/b7-6+/t25-/m0/s1. The maximum atomic E-state index is 13.6. The molecule has 0 saturated heterocycles. The maximum absolute atomic E-state index is 13.6. The molecule has 0 aliphatic carbocycles. The van der Waals surface area contributed by atoms with Gasteiger partial charge in [-0.2, -0.15) is 11.8 Å². The molecule has 0 bridgehead atoms. The van der Waals surface area contributed by atoms with Gasteiger partial charge < -0.3 is 14.6 Å². The highest BCUT2D eigenvalue weighted by atomic mass is 32.2. The number of nitrogens with zero attached hydrogens (tertiary/aromatic N) is 2. The molecule has 1 N–H and O–H groups in total. The van der Waals surface area contributed by atoms with Crippen molar-refractivity contribution in [3.8, 4) is 11.1 Å². The van der Waals surface area contributed by atoms with Crippen LogP contribution in [0.25, 0.3) is 17.2 Å². The number of nitrogens with one attached hydrogen (secondary N) is 1. The van der Waals surface area contributed by atoms with Crippen molar-refractivity contribution in [1.29, 1.82) is 0 Å². The van der Waals surface area contributed by atoms with Gasteiger partial charge in [0.15, 0.2) is 0 Å². The summed E-state index contributed by atoms with van der Waals surface area (Å²) in [5.41, 5.74) is 1.96. The number of imidazole rings is 1. The number of carbonyl (C=O) groups is 2. The number of rotatable bonds is 10. The quantitative estimate of drug-likeness (QED) is 0.347. The van der Waals surface area contributed by atoms with Crippen LogP contribution in [0.3, 0.4) is 0 Å². The third-order valence-corrected chi connectivity index (χ3v) is 6.23. The molecule has 0 unspecified atom stereocenters. The van der Waals surface area contributed by atoms with Gasteiger partial charge in [0.1, 0.15) is 23.3 Å². The Morgan fingerprint density at radius 2 is 1.92 bits per heavy atom. The lowest BCUT2D eigenvalue weighted by molar-refractivity contribution is -0.157. The molecule has 1 heterocycles. The first kappa shape index (κ1) is 28.2. The molecule has 0 radical (unpaired) electrons. The number of thioether (sulfide) groups is 1. The summed E-state index contributed by atoms with van der Waals surface area (Å²) in [5, 5.41) is 2.87. The molecule has 8 heteroatoms. The minimum Gasteiger partial charge on any atom is -0.458 e. The van der Waals surface area contributed by atoms with Gasteiger partial charge in [-0.25, -0.2) is 14.2 Å². The number of esters is 1. The van der Waals surface area contributed by atoms with E-state index in [1.165, 1.54) is 12.1 Å². The molecular formula is C29H34FN3O3S. The molecule has 1 aromatic heterocycles. The van der Waals surface area contributed by atoms with Crippen LogP contribution in [0.4, 0.5) is 4.39 Å². The normalized spacial score (nSPS) is 12.5. The van der Waals surface area contributed by atoms with E-state index in [1.54, 1.807) is 56.9 Å². The second-order valence-corrected chi connectivity index (χ2v) is 10.7. The molecule has 3 rings (SSSR count). The summed E-state index contributed by atoms with van der Waals surface area (Å²) < 4.78 is 21.1. The van der Waals surface area contributed by atoms with E-state index in [4.69, 9.17) is 4.74 Å². The van der Waals surface area contributed by atoms with Crippen molar-refractivity contribution in [3.63, 3.8) is 0 Å². The third kappa shape index (κ3) is 8.32. The van der Waals surface area contributed by atoms with Crippen molar-refractivity contribution in [3.05, 3.63) is 83.7 Å². The summed E-state index contributed by atoms with van der Waals surface area (Å²) in [4.78, 5) is 30.6. The number of hydrogen-bond donors (Lipinski definition) is 1. The topological polar surface area (TPSA) is 73.2 Å². The van der Waals surface area contributed by atoms with E-state index >= 15 is 0 Å². The van der Waals surface area contributed by atoms with Gasteiger partial charge in [-0.3, -0.25) is 4.79 Å². The number of carbonyl (C=O) groups excluding carboxylic acids is 2. The zero-order valence-electron chi connectivity index (χ0n) is 22.0. The molecule has 3 aromatic rings. The number of aryl methyl sites for hydroxylation is 1. The number of amides is 1. The molecule has 2 aromatic carbocycles. The first-order valence-electron chi connectivity index (χ1n) is 12.1. The van der Waals surface area contributed by atoms with Gasteiger partial charge in [0, 0.05) is 31.4 Å². The first-order chi connectivity index (χ1) is 17.6. The molecule has 0 aliphatic heterocycles. The Hall–Kier alpha value is -3.39. The Morgan fingerprint density at radius 3 is 2.54 bits per heavy atom. The predicted octanol–water partition coefficient (Wildman–Crippen LogP) is 5.68. The minimum absolute atomic E-state index is 0.358. The van der Waals surface area contributed by atoms with Crippen molar-refractivity contribution in [2.45, 2.75) is 45.3 Å². The SMILES string of the molecule is CSCC[C@H](NC(=O)c1ccc(/C=C/Cc2nccn2C)cc1-c1ccc(F)cc1)C(=O)OC(C)(C)C. The highest BCUT2D eigenvalue weighted by molar-refractivity contribution is 7.98. The van der Waals surface area contributed by atoms with E-state index < -0.39 is 17.6 Å². The maximum Gasteiger partial charge on any atom is 0.329 e. The third-order valence-electron chi connectivity index (χ3n) is 5.58. The van der Waals surface area contributed by atoms with Gasteiger partial charge in [-0.05, 0) is 80.2 Å². The highest BCUT2D eigenvalue weighted by Gasteiger charge is 2.27. The average Bonchev–Trinajstić information content (AvgIpc) is 3.25. The molecule has 1 amide bonds. The number of halogens is 1. The van der Waals surface area contributed by atoms with Crippen molar-refractivity contribution < 1.29 is 18.7 Å². The summed E-state index contributed by atoms with van der Waals surface area (Å²) in [5.74, 6) is 0.411. The Balaban J connectivity index is 1.90. The first-order valence-corrected chi connectivity index (χ1v) is 13.5. The second-order valence-electron chi connectivity index (χ2n) is 9.71. The van der Waals surface area contributed by atoms with Crippen LogP contribution >= 0.6 is 11.8 Å². The van der Waals surface area contributed by atoms with Crippen LogP contribution in [0, 0.1) is 5.82 Å². The minimum atomic E-state index is -0.780. The highest BCUT2D eigenvalue weighted by Crippen LogP contribution is 2.27. The van der Waals surface area contributed by atoms with Crippen LogP contribution in [0.15, 0.2) is 60.9 Å². The van der Waals surface area contributed by atoms with E-state index in [9.17, 15) is 14.0 Å². The predicted molar refractivity (Wildman–Crippen MR) is 148 cm³/mol. The van der Waals surface area contributed by atoms with Crippen molar-refractivity contribution in [2.75, 3.05) is 12.0 Å². The summed E-state index contributed by atoms with van der Waals surface area (Å²) in [6.45, 7) is 5.39. The Morgan fingerprint density at radius 1 is 1.19 bits per heavy atom. The van der Waals surface area contributed by atoms with E-state index in [1.807, 2.05) is 48.4 Å². The van der Waals surface area contributed by atoms with Gasteiger partial charge in [0.05, 0.1) is 0 Å². The fourth-order valence-corrected chi connectivity index (χ4v) is 4.19. The lowest BCUT2D eigenvalue weighted by atomic mass is 9.96. The van der Waals surface area contributed by atoms with Crippen molar-refractivity contribution in [2.24, 2.45) is 7.05 Å². The smallest absolute Gasteiger partial charge is 0.329 e. The monoisotopic (exact) mass is 523 g/mol. The molecule has 1 atom stereocenters. The van der Waals surface area contributed by atoms with E-state index in [2.05, 4.69) is 10.3 Å². The average molecular weight is 524 g/mol. The Kier molecular flexibility index (Phi) is 9.69. The van der Waals surface area contributed by atoms with E-state index in [-0.39, 0.29) is 11.7 Å². The van der Waals surface area contributed by atoms with Gasteiger partial charge in [-0.1, -0.05) is 30.4 Å². The number of hydrogen-bond acceptors (Lipinski definition) is 5. The summed E-state index contributed by atoms with van der Waals surface area (Å²) >= 11 is 1.59. The molecule has 37 heavy (non-hydrogen) atoms. The van der Waals surface area contributed by atoms with Crippen LogP contribution in [0.2, 0.25) is 0 Å². The van der Waals surface area contributed by atoms with Crippen LogP contribution in [-0.2, 0) is 23.0 Å². The molecular weight excluding hydrogens is 489 g/mol. The zero-order chi connectivity index (χ0) is 27.0. The fourth-order valence-electron chi connectivity index (χ4n) is 3.72. The van der Waals surface area contributed by atoms with Crippen LogP contribution < -0.4 is 5.32 Å². The molecule has 6 nitrogen and oxygen atoms in total. The molecule has 0 spiro atoms. The Bertz CT molecular complexity index is 1250. The second kappa shape index (κ2) is 12.7. The number of allylic oxidation sites excluding steroid dienone is 1. The number of ether oxygens (including phenoxy) is 1. The molecule has 0 saturated carbocycles. The number of aromatic nitrogens is 2. The van der Waals surface area contributed by atoms with Gasteiger partial charge in [0.25, 0.3) is 5.91 Å². The lowest BCUT2D eigenvalue weighted by Gasteiger charge is -2.25. The van der Waals surface area contributed by atoms with Crippen LogP contribution in [0.5, 0.6) is 0 Å². The molecule has 196 valence electrons. The summed E-state index contributed by atoms with van der Waals surface area (Å²) in [6, 6.07) is 10.7. The van der Waals surface area contributed by atoms with Gasteiger partial charge in [-0.15, -0.1) is 0 Å². The van der Waals surface area contributed by atoms with E-state index in [0.717, 1.165) is 11.4 Å². The zero-order valence-corrected chi connectivity index (χ0v) is 22.8. The van der Waals surface area contributed by atoms with Crippen LogP contribution in [-0.4, -0.2) is 45.1 Å². The van der Waals surface area contributed by atoms with Crippen LogP contribution in [0.1, 0.15) is 48.9 Å². The summed E-state index contributed by atoms with van der Waals surface area (Å²) in [6.07, 6.45) is 10.7.